The van der Waals surface area contributed by atoms with Crippen molar-refractivity contribution in [2.24, 2.45) is 11.8 Å². The Labute approximate surface area is 74.6 Å². The van der Waals surface area contributed by atoms with Gasteiger partial charge in [0.1, 0.15) is 0 Å². The largest absolute Gasteiger partial charge is 0.377 e. The number of rotatable bonds is 4. The molecule has 0 radical (unpaired) electrons. The van der Waals surface area contributed by atoms with Crippen molar-refractivity contribution in [3.05, 3.63) is 0 Å². The molecule has 1 aliphatic carbocycles. The third-order valence-electron chi connectivity index (χ3n) is 3.02. The molecule has 1 aliphatic rings. The fourth-order valence-corrected chi connectivity index (χ4v) is 2.12. The minimum atomic E-state index is 0.0168. The molecule has 1 fully saturated rings. The highest BCUT2D eigenvalue weighted by atomic mass is 16.5. The topological polar surface area (TPSA) is 47.3 Å². The number of nitrogens with one attached hydrogen (secondary N) is 1. The number of methoxy groups -OCH3 is 1. The van der Waals surface area contributed by atoms with E-state index in [0.717, 1.165) is 12.8 Å². The molecule has 3 N–H and O–H groups in total. The molecule has 1 rings (SSSR count). The van der Waals surface area contributed by atoms with Gasteiger partial charge in [-0.2, -0.15) is 0 Å². The van der Waals surface area contributed by atoms with Gasteiger partial charge < -0.3 is 4.74 Å². The summed E-state index contributed by atoms with van der Waals surface area (Å²) >= 11 is 0. The van der Waals surface area contributed by atoms with E-state index < -0.39 is 0 Å². The van der Waals surface area contributed by atoms with E-state index in [1.807, 2.05) is 0 Å². The summed E-state index contributed by atoms with van der Waals surface area (Å²) in [6.45, 7) is 4.34. The first-order valence-corrected chi connectivity index (χ1v) is 4.67. The van der Waals surface area contributed by atoms with E-state index in [2.05, 4.69) is 19.3 Å². The number of hydrazine groups is 1. The number of hydrogen-bond donors (Lipinski definition) is 2. The van der Waals surface area contributed by atoms with Gasteiger partial charge in [-0.1, -0.05) is 13.8 Å². The Morgan fingerprint density at radius 2 is 2.00 bits per heavy atom. The van der Waals surface area contributed by atoms with Crippen LogP contribution in [0.15, 0.2) is 0 Å². The third-order valence-corrected chi connectivity index (χ3v) is 3.02. The fourth-order valence-electron chi connectivity index (χ4n) is 2.12. The summed E-state index contributed by atoms with van der Waals surface area (Å²) in [5.41, 5.74) is 2.89. The van der Waals surface area contributed by atoms with E-state index >= 15 is 0 Å². The van der Waals surface area contributed by atoms with E-state index in [9.17, 15) is 0 Å². The van der Waals surface area contributed by atoms with Crippen LogP contribution in [0.5, 0.6) is 0 Å². The predicted molar refractivity (Wildman–Crippen MR) is 49.5 cm³/mol. The van der Waals surface area contributed by atoms with Crippen LogP contribution in [0, 0.1) is 5.92 Å². The van der Waals surface area contributed by atoms with Gasteiger partial charge >= 0.3 is 0 Å². The van der Waals surface area contributed by atoms with Crippen LogP contribution in [0.1, 0.15) is 33.1 Å². The summed E-state index contributed by atoms with van der Waals surface area (Å²) < 4.78 is 5.55. The maximum atomic E-state index is 5.55. The Kier molecular flexibility index (Phi) is 3.09. The SMILES string of the molecule is COC1(C(NN)C(C)C)CCC1. The Morgan fingerprint density at radius 3 is 2.08 bits per heavy atom. The number of ether oxygens (including phenoxy) is 1. The highest BCUT2D eigenvalue weighted by Gasteiger charge is 2.45. The zero-order valence-corrected chi connectivity index (χ0v) is 8.26. The minimum Gasteiger partial charge on any atom is -0.377 e. The van der Waals surface area contributed by atoms with Gasteiger partial charge in [0.05, 0.1) is 11.6 Å². The highest BCUT2D eigenvalue weighted by molar-refractivity contribution is 5.00. The van der Waals surface area contributed by atoms with E-state index in [-0.39, 0.29) is 11.6 Å². The van der Waals surface area contributed by atoms with Crippen LogP contribution in [0.2, 0.25) is 0 Å². The van der Waals surface area contributed by atoms with E-state index in [0.29, 0.717) is 5.92 Å². The molecule has 3 heteroatoms. The molecule has 1 atom stereocenters. The molecular weight excluding hydrogens is 152 g/mol. The number of hydrogen-bond acceptors (Lipinski definition) is 3. The van der Waals surface area contributed by atoms with E-state index in [4.69, 9.17) is 10.6 Å². The summed E-state index contributed by atoms with van der Waals surface area (Å²) in [4.78, 5) is 0. The molecular formula is C9H20N2O. The molecule has 72 valence electrons. The van der Waals surface area contributed by atoms with Crippen LogP contribution in [0.4, 0.5) is 0 Å². The van der Waals surface area contributed by atoms with Crippen LogP contribution in [0.3, 0.4) is 0 Å². The Morgan fingerprint density at radius 1 is 1.42 bits per heavy atom. The smallest absolute Gasteiger partial charge is 0.0846 e. The van der Waals surface area contributed by atoms with E-state index in [1.54, 1.807) is 7.11 Å². The van der Waals surface area contributed by atoms with Crippen molar-refractivity contribution in [2.45, 2.75) is 44.8 Å². The average molecular weight is 172 g/mol. The molecule has 3 nitrogen and oxygen atoms in total. The van der Waals surface area contributed by atoms with Crippen LogP contribution in [-0.2, 0) is 4.74 Å². The predicted octanol–water partition coefficient (Wildman–Crippen LogP) is 1.04. The molecule has 1 saturated carbocycles. The molecule has 0 aromatic rings. The van der Waals surface area contributed by atoms with Crippen molar-refractivity contribution in [2.75, 3.05) is 7.11 Å². The van der Waals surface area contributed by atoms with Gasteiger partial charge in [-0.15, -0.1) is 0 Å². The molecule has 0 aromatic heterocycles. The fraction of sp³-hybridized carbons (Fsp3) is 1.00. The lowest BCUT2D eigenvalue weighted by molar-refractivity contribution is -0.108. The lowest BCUT2D eigenvalue weighted by atomic mass is 9.71. The van der Waals surface area contributed by atoms with Gasteiger partial charge in [0.25, 0.3) is 0 Å². The highest BCUT2D eigenvalue weighted by Crippen LogP contribution is 2.40. The van der Waals surface area contributed by atoms with Gasteiger partial charge in [-0.3, -0.25) is 11.3 Å². The molecule has 0 saturated heterocycles. The van der Waals surface area contributed by atoms with Crippen molar-refractivity contribution in [1.29, 1.82) is 0 Å². The summed E-state index contributed by atoms with van der Waals surface area (Å²) in [5.74, 6) is 6.04. The van der Waals surface area contributed by atoms with Crippen molar-refractivity contribution in [3.63, 3.8) is 0 Å². The second kappa shape index (κ2) is 3.73. The second-order valence-corrected chi connectivity index (χ2v) is 4.01. The zero-order valence-electron chi connectivity index (χ0n) is 8.26. The standard InChI is InChI=1S/C9H20N2O/c1-7(2)8(11-10)9(12-3)5-4-6-9/h7-8,11H,4-6,10H2,1-3H3. The van der Waals surface area contributed by atoms with Gasteiger partial charge in [0, 0.05) is 7.11 Å². The summed E-state index contributed by atoms with van der Waals surface area (Å²) in [6, 6.07) is 0.288. The zero-order chi connectivity index (χ0) is 9.19. The summed E-state index contributed by atoms with van der Waals surface area (Å²) in [5, 5.41) is 0. The molecule has 0 aliphatic heterocycles. The van der Waals surface area contributed by atoms with Crippen molar-refractivity contribution >= 4 is 0 Å². The first-order chi connectivity index (χ1) is 5.66. The van der Waals surface area contributed by atoms with E-state index in [1.165, 1.54) is 6.42 Å². The van der Waals surface area contributed by atoms with Gasteiger partial charge in [-0.05, 0) is 25.2 Å². The molecule has 1 unspecified atom stereocenters. The normalized spacial score (nSPS) is 23.8. The third kappa shape index (κ3) is 1.49. The molecule has 0 heterocycles. The quantitative estimate of drug-likeness (QED) is 0.492. The van der Waals surface area contributed by atoms with Crippen molar-refractivity contribution < 1.29 is 4.74 Å². The summed E-state index contributed by atoms with van der Waals surface area (Å²) in [7, 11) is 1.78. The van der Waals surface area contributed by atoms with Gasteiger partial charge in [0.2, 0.25) is 0 Å². The molecule has 0 aromatic carbocycles. The Bertz CT molecular complexity index is 138. The first kappa shape index (κ1) is 9.96. The first-order valence-electron chi connectivity index (χ1n) is 4.67. The van der Waals surface area contributed by atoms with Crippen molar-refractivity contribution in [3.8, 4) is 0 Å². The van der Waals surface area contributed by atoms with Gasteiger partial charge in [0.15, 0.2) is 0 Å². The summed E-state index contributed by atoms with van der Waals surface area (Å²) in [6.07, 6.45) is 3.53. The minimum absolute atomic E-state index is 0.0168. The van der Waals surface area contributed by atoms with Crippen LogP contribution < -0.4 is 11.3 Å². The monoisotopic (exact) mass is 172 g/mol. The van der Waals surface area contributed by atoms with Crippen molar-refractivity contribution in [1.82, 2.24) is 5.43 Å². The molecule has 0 amide bonds. The van der Waals surface area contributed by atoms with Crippen LogP contribution in [-0.4, -0.2) is 18.8 Å². The van der Waals surface area contributed by atoms with Gasteiger partial charge in [-0.25, -0.2) is 0 Å². The Hall–Kier alpha value is -0.120. The van der Waals surface area contributed by atoms with Crippen LogP contribution in [0.25, 0.3) is 0 Å². The Balaban J connectivity index is 2.61. The van der Waals surface area contributed by atoms with Crippen LogP contribution >= 0.6 is 0 Å². The molecule has 0 spiro atoms. The molecule has 12 heavy (non-hydrogen) atoms. The maximum Gasteiger partial charge on any atom is 0.0846 e. The average Bonchev–Trinajstić information content (AvgIpc) is 1.95. The lowest BCUT2D eigenvalue weighted by Crippen LogP contribution is -2.60. The maximum absolute atomic E-state index is 5.55. The molecule has 0 bridgehead atoms. The second-order valence-electron chi connectivity index (χ2n) is 4.01. The number of nitrogens with two attached hydrogens (primary N) is 1. The lowest BCUT2D eigenvalue weighted by Gasteiger charge is -2.47.